The topological polar surface area (TPSA) is 64.7 Å². The molecule has 0 spiro atoms. The first kappa shape index (κ1) is 20.5. The Morgan fingerprint density at radius 3 is 2.36 bits per heavy atom. The van der Waals surface area contributed by atoms with Crippen LogP contribution in [0.5, 0.6) is 0 Å². The van der Waals surface area contributed by atoms with Crippen LogP contribution in [0.25, 0.3) is 0 Å². The Labute approximate surface area is 157 Å². The number of carbonyl (C=O) groups is 2. The largest absolute Gasteiger partial charge is 0.356 e. The summed E-state index contributed by atoms with van der Waals surface area (Å²) >= 11 is 0. The van der Waals surface area contributed by atoms with Crippen molar-refractivity contribution < 1.29 is 9.59 Å². The molecule has 7 heteroatoms. The molecule has 3 saturated heterocycles. The number of likely N-dealkylation sites (tertiary alicyclic amines) is 2. The second kappa shape index (κ2) is 10.3. The van der Waals surface area contributed by atoms with E-state index >= 15 is 0 Å². The van der Waals surface area contributed by atoms with Gasteiger partial charge in [-0.3, -0.25) is 9.59 Å². The number of hydrogen-bond donors (Lipinski definition) is 2. The normalized spacial score (nSPS) is 25.0. The van der Waals surface area contributed by atoms with Crippen LogP contribution >= 0.6 is 12.4 Å². The van der Waals surface area contributed by atoms with Gasteiger partial charge in [-0.25, -0.2) is 0 Å². The van der Waals surface area contributed by atoms with Gasteiger partial charge in [0.25, 0.3) is 0 Å². The predicted molar refractivity (Wildman–Crippen MR) is 101 cm³/mol. The Bertz CT molecular complexity index is 429. The highest BCUT2D eigenvalue weighted by Crippen LogP contribution is 2.19. The lowest BCUT2D eigenvalue weighted by Crippen LogP contribution is -2.48. The van der Waals surface area contributed by atoms with E-state index < -0.39 is 0 Å². The summed E-state index contributed by atoms with van der Waals surface area (Å²) in [5.74, 6) is 0.497. The number of carbonyl (C=O) groups excluding carboxylic acids is 2. The lowest BCUT2D eigenvalue weighted by atomic mass is 9.95. The summed E-state index contributed by atoms with van der Waals surface area (Å²) in [6.45, 7) is 6.72. The van der Waals surface area contributed by atoms with E-state index in [1.54, 1.807) is 0 Å². The molecule has 3 aliphatic heterocycles. The van der Waals surface area contributed by atoms with Crippen molar-refractivity contribution in [1.29, 1.82) is 0 Å². The average molecular weight is 373 g/mol. The van der Waals surface area contributed by atoms with Crippen LogP contribution < -0.4 is 10.6 Å². The van der Waals surface area contributed by atoms with Gasteiger partial charge in [-0.1, -0.05) is 0 Å². The van der Waals surface area contributed by atoms with Crippen LogP contribution in [0.3, 0.4) is 0 Å². The summed E-state index contributed by atoms with van der Waals surface area (Å²) in [5.41, 5.74) is 0. The lowest BCUT2D eigenvalue weighted by molar-refractivity contribution is -0.137. The highest BCUT2D eigenvalue weighted by molar-refractivity contribution is 5.85. The molecule has 3 rings (SSSR count). The Balaban J connectivity index is 0.00000225. The van der Waals surface area contributed by atoms with Gasteiger partial charge in [-0.2, -0.15) is 0 Å². The predicted octanol–water partition coefficient (Wildman–Crippen LogP) is 1.00. The van der Waals surface area contributed by atoms with Crippen LogP contribution in [-0.2, 0) is 9.59 Å². The number of rotatable bonds is 6. The average Bonchev–Trinajstić information content (AvgIpc) is 3.31. The van der Waals surface area contributed by atoms with Crippen LogP contribution in [0.1, 0.15) is 44.9 Å². The maximum atomic E-state index is 12.4. The molecule has 0 aliphatic carbocycles. The van der Waals surface area contributed by atoms with E-state index in [1.807, 2.05) is 4.90 Å². The summed E-state index contributed by atoms with van der Waals surface area (Å²) in [5, 5.41) is 6.36. The van der Waals surface area contributed by atoms with E-state index in [2.05, 4.69) is 15.5 Å². The summed E-state index contributed by atoms with van der Waals surface area (Å²) in [4.78, 5) is 29.1. The van der Waals surface area contributed by atoms with Crippen LogP contribution in [0, 0.1) is 5.92 Å². The quantitative estimate of drug-likeness (QED) is 0.683. The molecule has 0 bridgehead atoms. The Morgan fingerprint density at radius 2 is 1.72 bits per heavy atom. The molecule has 144 valence electrons. The SMILES string of the molecule is Cl.O=C(NCCCN1CCCC1)C1CCN(C(=O)C2CCCN2)CC1. The van der Waals surface area contributed by atoms with Crippen molar-refractivity contribution in [3.8, 4) is 0 Å². The fraction of sp³-hybridized carbons (Fsp3) is 0.889. The highest BCUT2D eigenvalue weighted by atomic mass is 35.5. The van der Waals surface area contributed by atoms with E-state index in [-0.39, 0.29) is 36.2 Å². The number of nitrogens with one attached hydrogen (secondary N) is 2. The molecule has 25 heavy (non-hydrogen) atoms. The second-order valence-corrected chi connectivity index (χ2v) is 7.44. The summed E-state index contributed by atoms with van der Waals surface area (Å²) < 4.78 is 0. The van der Waals surface area contributed by atoms with Gasteiger partial charge in [0.05, 0.1) is 6.04 Å². The molecule has 1 atom stereocenters. The maximum absolute atomic E-state index is 12.4. The Morgan fingerprint density at radius 1 is 1.00 bits per heavy atom. The Kier molecular flexibility index (Phi) is 8.46. The molecule has 2 amide bonds. The molecule has 3 heterocycles. The lowest BCUT2D eigenvalue weighted by Gasteiger charge is -2.33. The van der Waals surface area contributed by atoms with Gasteiger partial charge in [0.2, 0.25) is 11.8 Å². The van der Waals surface area contributed by atoms with E-state index in [4.69, 9.17) is 0 Å². The summed E-state index contributed by atoms with van der Waals surface area (Å²) in [6, 6.07) is 0.0148. The fourth-order valence-electron chi connectivity index (χ4n) is 4.14. The zero-order chi connectivity index (χ0) is 16.8. The molecule has 1 unspecified atom stereocenters. The zero-order valence-electron chi connectivity index (χ0n) is 15.2. The first-order chi connectivity index (χ1) is 11.7. The van der Waals surface area contributed by atoms with Crippen LogP contribution in [0.15, 0.2) is 0 Å². The van der Waals surface area contributed by atoms with Gasteiger partial charge in [0, 0.05) is 25.6 Å². The van der Waals surface area contributed by atoms with Crippen LogP contribution in [0.2, 0.25) is 0 Å². The number of amides is 2. The molecular formula is C18H33ClN4O2. The third-order valence-corrected chi connectivity index (χ3v) is 5.68. The minimum atomic E-state index is 0. The maximum Gasteiger partial charge on any atom is 0.239 e. The molecule has 2 N–H and O–H groups in total. The molecule has 0 saturated carbocycles. The van der Waals surface area contributed by atoms with Crippen LogP contribution in [-0.4, -0.2) is 73.5 Å². The van der Waals surface area contributed by atoms with Crippen LogP contribution in [0.4, 0.5) is 0 Å². The standard InChI is InChI=1S/C18H32N4O2.ClH/c23-17(20-9-4-12-21-10-1-2-11-21)15-6-13-22(14-7-15)18(24)16-5-3-8-19-16;/h15-16,19H,1-14H2,(H,20,23);1H. The van der Waals surface area contributed by atoms with Gasteiger partial charge < -0.3 is 20.4 Å². The molecule has 3 aliphatic rings. The van der Waals surface area contributed by atoms with Crippen molar-refractivity contribution in [3.05, 3.63) is 0 Å². The van der Waals surface area contributed by atoms with E-state index in [0.29, 0.717) is 0 Å². The number of piperidine rings is 1. The van der Waals surface area contributed by atoms with Crippen molar-refractivity contribution in [2.75, 3.05) is 45.8 Å². The molecule has 0 aromatic carbocycles. The highest BCUT2D eigenvalue weighted by Gasteiger charge is 2.31. The van der Waals surface area contributed by atoms with Crippen molar-refractivity contribution >= 4 is 24.2 Å². The minimum absolute atomic E-state index is 0. The van der Waals surface area contributed by atoms with Crippen molar-refractivity contribution in [2.24, 2.45) is 5.92 Å². The van der Waals surface area contributed by atoms with Gasteiger partial charge in [-0.05, 0) is 71.1 Å². The van der Waals surface area contributed by atoms with Gasteiger partial charge in [0.15, 0.2) is 0 Å². The van der Waals surface area contributed by atoms with E-state index in [9.17, 15) is 9.59 Å². The monoisotopic (exact) mass is 372 g/mol. The van der Waals surface area contributed by atoms with E-state index in [1.165, 1.54) is 25.9 Å². The number of nitrogens with zero attached hydrogens (tertiary/aromatic N) is 2. The minimum Gasteiger partial charge on any atom is -0.356 e. The first-order valence-electron chi connectivity index (χ1n) is 9.76. The molecule has 3 fully saturated rings. The molecule has 0 aromatic rings. The zero-order valence-corrected chi connectivity index (χ0v) is 16.0. The van der Waals surface area contributed by atoms with Gasteiger partial charge in [0.1, 0.15) is 0 Å². The molecule has 0 aromatic heterocycles. The third kappa shape index (κ3) is 5.83. The smallest absolute Gasteiger partial charge is 0.239 e. The van der Waals surface area contributed by atoms with Crippen molar-refractivity contribution in [2.45, 2.75) is 51.0 Å². The number of hydrogen-bond acceptors (Lipinski definition) is 4. The summed E-state index contributed by atoms with van der Waals surface area (Å²) in [7, 11) is 0. The Hall–Kier alpha value is -0.850. The fourth-order valence-corrected chi connectivity index (χ4v) is 4.14. The third-order valence-electron chi connectivity index (χ3n) is 5.68. The molecule has 0 radical (unpaired) electrons. The summed E-state index contributed by atoms with van der Waals surface area (Å²) in [6.07, 6.45) is 7.33. The van der Waals surface area contributed by atoms with Crippen molar-refractivity contribution in [1.82, 2.24) is 20.4 Å². The van der Waals surface area contributed by atoms with E-state index in [0.717, 1.165) is 64.8 Å². The number of halogens is 1. The van der Waals surface area contributed by atoms with Gasteiger partial charge >= 0.3 is 0 Å². The first-order valence-corrected chi connectivity index (χ1v) is 9.76. The second-order valence-electron chi connectivity index (χ2n) is 7.44. The van der Waals surface area contributed by atoms with Crippen molar-refractivity contribution in [3.63, 3.8) is 0 Å². The molecule has 6 nitrogen and oxygen atoms in total. The molecular weight excluding hydrogens is 340 g/mol. The van der Waals surface area contributed by atoms with Gasteiger partial charge in [-0.15, -0.1) is 12.4 Å².